The SMILES string of the molecule is OC(Cc1ccccn1)C1CCOC2(CCCC2)C1. The van der Waals surface area contributed by atoms with Crippen LogP contribution in [0.3, 0.4) is 0 Å². The number of hydrogen-bond acceptors (Lipinski definition) is 3. The fourth-order valence-corrected chi connectivity index (χ4v) is 3.66. The molecule has 104 valence electrons. The van der Waals surface area contributed by atoms with Gasteiger partial charge in [-0.25, -0.2) is 0 Å². The zero-order valence-corrected chi connectivity index (χ0v) is 11.4. The van der Waals surface area contributed by atoms with Crippen LogP contribution in [0.25, 0.3) is 0 Å². The summed E-state index contributed by atoms with van der Waals surface area (Å²) >= 11 is 0. The fourth-order valence-electron chi connectivity index (χ4n) is 3.66. The van der Waals surface area contributed by atoms with E-state index >= 15 is 0 Å². The fraction of sp³-hybridized carbons (Fsp3) is 0.688. The molecule has 2 aliphatic rings. The molecule has 2 fully saturated rings. The van der Waals surface area contributed by atoms with Gasteiger partial charge in [0.15, 0.2) is 0 Å². The van der Waals surface area contributed by atoms with Crippen molar-refractivity contribution in [2.45, 2.75) is 56.7 Å². The third-order valence-electron chi connectivity index (χ3n) is 4.73. The van der Waals surface area contributed by atoms with Gasteiger partial charge in [0.05, 0.1) is 11.7 Å². The minimum absolute atomic E-state index is 0.0913. The molecule has 2 heterocycles. The third kappa shape index (κ3) is 2.98. The Hall–Kier alpha value is -0.930. The van der Waals surface area contributed by atoms with Gasteiger partial charge < -0.3 is 9.84 Å². The van der Waals surface area contributed by atoms with E-state index in [1.165, 1.54) is 25.7 Å². The van der Waals surface area contributed by atoms with Gasteiger partial charge in [0.25, 0.3) is 0 Å². The van der Waals surface area contributed by atoms with Crippen LogP contribution in [0.5, 0.6) is 0 Å². The van der Waals surface area contributed by atoms with Crippen LogP contribution in [0.1, 0.15) is 44.2 Å². The summed E-state index contributed by atoms with van der Waals surface area (Å²) in [7, 11) is 0. The highest BCUT2D eigenvalue weighted by Crippen LogP contribution is 2.43. The molecule has 0 radical (unpaired) electrons. The number of aliphatic hydroxyl groups excluding tert-OH is 1. The van der Waals surface area contributed by atoms with Gasteiger partial charge in [0.1, 0.15) is 0 Å². The Morgan fingerprint density at radius 1 is 1.37 bits per heavy atom. The normalized spacial score (nSPS) is 27.5. The second kappa shape index (κ2) is 5.59. The second-order valence-corrected chi connectivity index (χ2v) is 6.08. The molecule has 1 saturated carbocycles. The average Bonchev–Trinajstić information content (AvgIpc) is 2.88. The second-order valence-electron chi connectivity index (χ2n) is 6.08. The maximum Gasteiger partial charge on any atom is 0.0686 e. The lowest BCUT2D eigenvalue weighted by molar-refractivity contribution is -0.112. The van der Waals surface area contributed by atoms with Crippen LogP contribution < -0.4 is 0 Å². The summed E-state index contributed by atoms with van der Waals surface area (Å²) in [6.45, 7) is 0.809. The molecule has 1 spiro atoms. The molecule has 1 aromatic rings. The molecular weight excluding hydrogens is 238 g/mol. The predicted octanol–water partition coefficient (Wildman–Crippen LogP) is 2.72. The zero-order valence-electron chi connectivity index (χ0n) is 11.4. The van der Waals surface area contributed by atoms with E-state index < -0.39 is 0 Å². The number of aromatic nitrogens is 1. The van der Waals surface area contributed by atoms with Crippen LogP contribution in [0.4, 0.5) is 0 Å². The largest absolute Gasteiger partial charge is 0.392 e. The van der Waals surface area contributed by atoms with Crippen LogP contribution in [-0.4, -0.2) is 28.4 Å². The Morgan fingerprint density at radius 3 is 2.95 bits per heavy atom. The molecule has 0 amide bonds. The van der Waals surface area contributed by atoms with E-state index in [9.17, 15) is 5.11 Å². The molecule has 1 aliphatic carbocycles. The first-order valence-electron chi connectivity index (χ1n) is 7.49. The van der Waals surface area contributed by atoms with E-state index in [1.54, 1.807) is 6.20 Å². The lowest BCUT2D eigenvalue weighted by Crippen LogP contribution is -2.41. The first-order chi connectivity index (χ1) is 9.27. The smallest absolute Gasteiger partial charge is 0.0686 e. The van der Waals surface area contributed by atoms with Crippen molar-refractivity contribution in [1.29, 1.82) is 0 Å². The van der Waals surface area contributed by atoms with Crippen molar-refractivity contribution in [3.63, 3.8) is 0 Å². The average molecular weight is 261 g/mol. The minimum Gasteiger partial charge on any atom is -0.392 e. The maximum atomic E-state index is 10.5. The van der Waals surface area contributed by atoms with Crippen molar-refractivity contribution in [3.05, 3.63) is 30.1 Å². The molecule has 3 rings (SSSR count). The van der Waals surface area contributed by atoms with Crippen molar-refractivity contribution < 1.29 is 9.84 Å². The lowest BCUT2D eigenvalue weighted by atomic mass is 9.80. The van der Waals surface area contributed by atoms with Gasteiger partial charge in [-0.05, 0) is 43.7 Å². The molecule has 1 N–H and O–H groups in total. The summed E-state index contributed by atoms with van der Waals surface area (Å²) in [6, 6.07) is 5.89. The Labute approximate surface area is 115 Å². The molecule has 2 atom stereocenters. The summed E-state index contributed by atoms with van der Waals surface area (Å²) in [5, 5.41) is 10.5. The van der Waals surface area contributed by atoms with Crippen molar-refractivity contribution in [1.82, 2.24) is 4.98 Å². The van der Waals surface area contributed by atoms with Crippen molar-refractivity contribution in [2.75, 3.05) is 6.61 Å². The third-order valence-corrected chi connectivity index (χ3v) is 4.73. The first-order valence-corrected chi connectivity index (χ1v) is 7.49. The topological polar surface area (TPSA) is 42.4 Å². The molecule has 2 unspecified atom stereocenters. The number of aliphatic hydroxyl groups is 1. The molecule has 3 nitrogen and oxygen atoms in total. The van der Waals surface area contributed by atoms with Gasteiger partial charge in [-0.2, -0.15) is 0 Å². The van der Waals surface area contributed by atoms with E-state index in [2.05, 4.69) is 4.98 Å². The van der Waals surface area contributed by atoms with Gasteiger partial charge in [-0.15, -0.1) is 0 Å². The Morgan fingerprint density at radius 2 is 2.21 bits per heavy atom. The maximum absolute atomic E-state index is 10.5. The van der Waals surface area contributed by atoms with Gasteiger partial charge in [-0.3, -0.25) is 4.98 Å². The Bertz CT molecular complexity index is 400. The molecule has 19 heavy (non-hydrogen) atoms. The predicted molar refractivity (Wildman–Crippen MR) is 73.8 cm³/mol. The van der Waals surface area contributed by atoms with E-state index in [4.69, 9.17) is 4.74 Å². The standard InChI is InChI=1S/C16H23NO2/c18-15(11-14-5-1-4-9-17-14)13-6-10-19-16(12-13)7-2-3-8-16/h1,4-5,9,13,15,18H,2-3,6-8,10-12H2. The van der Waals surface area contributed by atoms with E-state index in [0.29, 0.717) is 12.3 Å². The number of ether oxygens (including phenoxy) is 1. The summed E-state index contributed by atoms with van der Waals surface area (Å²) in [6.07, 6.45) is 9.12. The van der Waals surface area contributed by atoms with Crippen molar-refractivity contribution in [3.8, 4) is 0 Å². The highest BCUT2D eigenvalue weighted by molar-refractivity contribution is 5.05. The van der Waals surface area contributed by atoms with Crippen LogP contribution in [0.15, 0.2) is 24.4 Å². The van der Waals surface area contributed by atoms with E-state index in [1.807, 2.05) is 18.2 Å². The number of pyridine rings is 1. The summed E-state index contributed by atoms with van der Waals surface area (Å²) < 4.78 is 6.03. The van der Waals surface area contributed by atoms with Gasteiger partial charge >= 0.3 is 0 Å². The summed E-state index contributed by atoms with van der Waals surface area (Å²) in [5.74, 6) is 0.369. The quantitative estimate of drug-likeness (QED) is 0.909. The molecule has 0 aromatic carbocycles. The number of nitrogens with zero attached hydrogens (tertiary/aromatic N) is 1. The lowest BCUT2D eigenvalue weighted by Gasteiger charge is -2.40. The number of rotatable bonds is 3. The van der Waals surface area contributed by atoms with Gasteiger partial charge in [0.2, 0.25) is 0 Å². The van der Waals surface area contributed by atoms with E-state index in [-0.39, 0.29) is 11.7 Å². The van der Waals surface area contributed by atoms with Gasteiger partial charge in [-0.1, -0.05) is 18.9 Å². The van der Waals surface area contributed by atoms with Crippen molar-refractivity contribution in [2.24, 2.45) is 5.92 Å². The monoisotopic (exact) mass is 261 g/mol. The molecule has 1 aliphatic heterocycles. The van der Waals surface area contributed by atoms with Crippen LogP contribution in [0.2, 0.25) is 0 Å². The van der Waals surface area contributed by atoms with Crippen LogP contribution >= 0.6 is 0 Å². The summed E-state index contributed by atoms with van der Waals surface area (Å²) in [5.41, 5.74) is 1.08. The zero-order chi connectivity index (χ0) is 13.1. The highest BCUT2D eigenvalue weighted by Gasteiger charge is 2.41. The van der Waals surface area contributed by atoms with Gasteiger partial charge in [0, 0.05) is 24.9 Å². The highest BCUT2D eigenvalue weighted by atomic mass is 16.5. The molecule has 0 bridgehead atoms. The minimum atomic E-state index is -0.281. The van der Waals surface area contributed by atoms with Crippen molar-refractivity contribution >= 4 is 0 Å². The Balaban J connectivity index is 1.61. The van der Waals surface area contributed by atoms with Crippen LogP contribution in [0, 0.1) is 5.92 Å². The molecule has 1 saturated heterocycles. The molecule has 1 aromatic heterocycles. The summed E-state index contributed by atoms with van der Waals surface area (Å²) in [4.78, 5) is 4.31. The van der Waals surface area contributed by atoms with Crippen LogP contribution in [-0.2, 0) is 11.2 Å². The Kier molecular flexibility index (Phi) is 3.85. The molecular formula is C16H23NO2. The molecule has 3 heteroatoms. The van der Waals surface area contributed by atoms with E-state index in [0.717, 1.165) is 25.1 Å². The number of hydrogen-bond donors (Lipinski definition) is 1. The first kappa shape index (κ1) is 13.1.